The van der Waals surface area contributed by atoms with Gasteiger partial charge in [0.2, 0.25) is 0 Å². The summed E-state index contributed by atoms with van der Waals surface area (Å²) in [6.07, 6.45) is 1.16. The minimum atomic E-state index is -1.45. The number of nitrogens with two attached hydrogens (primary N) is 1. The Labute approximate surface area is 198 Å². The van der Waals surface area contributed by atoms with Crippen LogP contribution in [0.2, 0.25) is 0 Å². The molecule has 1 aromatic carbocycles. The van der Waals surface area contributed by atoms with Crippen LogP contribution in [0.5, 0.6) is 0 Å². The van der Waals surface area contributed by atoms with Crippen LogP contribution in [-0.4, -0.2) is 35.8 Å². The number of esters is 2. The molecule has 1 aromatic rings. The van der Waals surface area contributed by atoms with Crippen LogP contribution in [0.1, 0.15) is 72.8 Å². The first kappa shape index (κ1) is 27.1. The molecule has 0 aromatic heterocycles. The lowest BCUT2D eigenvalue weighted by atomic mass is 9.73. The van der Waals surface area contributed by atoms with E-state index in [0.29, 0.717) is 38.9 Å². The van der Waals surface area contributed by atoms with Gasteiger partial charge in [-0.2, -0.15) is 0 Å². The Morgan fingerprint density at radius 2 is 1.82 bits per heavy atom. The summed E-state index contributed by atoms with van der Waals surface area (Å²) >= 11 is 0. The fraction of sp³-hybridized carbons (Fsp3) is 0.630. The van der Waals surface area contributed by atoms with Crippen molar-refractivity contribution in [3.05, 3.63) is 48.0 Å². The zero-order valence-corrected chi connectivity index (χ0v) is 21.1. The van der Waals surface area contributed by atoms with Crippen molar-refractivity contribution in [3.63, 3.8) is 0 Å². The van der Waals surface area contributed by atoms with Crippen LogP contribution in [-0.2, 0) is 30.4 Å². The summed E-state index contributed by atoms with van der Waals surface area (Å²) in [5.41, 5.74) is 6.28. The molecule has 0 aliphatic carbocycles. The first-order chi connectivity index (χ1) is 15.2. The molecule has 33 heavy (non-hydrogen) atoms. The highest BCUT2D eigenvalue weighted by Crippen LogP contribution is 2.40. The number of carbonyl (C=O) groups excluding carboxylic acids is 2. The quantitative estimate of drug-likeness (QED) is 0.286. The number of rotatable bonds is 11. The van der Waals surface area contributed by atoms with Gasteiger partial charge in [-0.25, -0.2) is 4.79 Å². The highest BCUT2D eigenvalue weighted by Gasteiger charge is 2.54. The molecular weight excluding hydrogens is 418 g/mol. The third kappa shape index (κ3) is 8.27. The van der Waals surface area contributed by atoms with Gasteiger partial charge in [-0.15, -0.1) is 6.58 Å². The molecule has 2 N–H and O–H groups in total. The van der Waals surface area contributed by atoms with Crippen LogP contribution in [0.4, 0.5) is 0 Å². The smallest absolute Gasteiger partial charge is 0.330 e. The van der Waals surface area contributed by atoms with E-state index in [4.69, 9.17) is 19.9 Å². The number of benzene rings is 1. The number of cyclic esters (lactones) is 1. The summed E-state index contributed by atoms with van der Waals surface area (Å²) < 4.78 is 17.2. The molecule has 0 unspecified atom stereocenters. The van der Waals surface area contributed by atoms with Crippen LogP contribution in [0.15, 0.2) is 42.5 Å². The van der Waals surface area contributed by atoms with E-state index in [2.05, 4.69) is 6.58 Å². The lowest BCUT2D eigenvalue weighted by Gasteiger charge is -2.39. The van der Waals surface area contributed by atoms with Crippen molar-refractivity contribution in [3.8, 4) is 0 Å². The Bertz CT molecular complexity index is 827. The second kappa shape index (κ2) is 10.8. The van der Waals surface area contributed by atoms with Gasteiger partial charge in [-0.3, -0.25) is 4.79 Å². The Balaban J connectivity index is 2.11. The normalized spacial score (nSPS) is 20.8. The molecule has 0 saturated carbocycles. The van der Waals surface area contributed by atoms with Crippen molar-refractivity contribution in [1.82, 2.24) is 0 Å². The van der Waals surface area contributed by atoms with Crippen LogP contribution in [0.3, 0.4) is 0 Å². The Morgan fingerprint density at radius 1 is 1.18 bits per heavy atom. The number of carbonyl (C=O) groups is 2. The predicted molar refractivity (Wildman–Crippen MR) is 129 cm³/mol. The zero-order chi connectivity index (χ0) is 24.9. The minimum Gasteiger partial charge on any atom is -0.460 e. The molecule has 0 bridgehead atoms. The van der Waals surface area contributed by atoms with Crippen LogP contribution in [0.25, 0.3) is 0 Å². The fourth-order valence-electron chi connectivity index (χ4n) is 4.23. The Hall–Kier alpha value is -2.18. The average Bonchev–Trinajstić information content (AvgIpc) is 3.05. The van der Waals surface area contributed by atoms with Gasteiger partial charge < -0.3 is 19.9 Å². The summed E-state index contributed by atoms with van der Waals surface area (Å²) in [7, 11) is 0. The van der Waals surface area contributed by atoms with Crippen molar-refractivity contribution < 1.29 is 23.8 Å². The van der Waals surface area contributed by atoms with Crippen molar-refractivity contribution in [1.29, 1.82) is 0 Å². The maximum Gasteiger partial charge on any atom is 0.330 e. The van der Waals surface area contributed by atoms with Gasteiger partial charge in [0.05, 0.1) is 12.5 Å². The van der Waals surface area contributed by atoms with Gasteiger partial charge in [0, 0.05) is 13.0 Å². The van der Waals surface area contributed by atoms with Gasteiger partial charge in [-0.05, 0) is 57.9 Å². The molecule has 6 nitrogen and oxygen atoms in total. The van der Waals surface area contributed by atoms with Gasteiger partial charge in [0.25, 0.3) is 0 Å². The van der Waals surface area contributed by atoms with E-state index in [-0.39, 0.29) is 17.3 Å². The molecule has 1 fully saturated rings. The summed E-state index contributed by atoms with van der Waals surface area (Å²) in [5, 5.41) is 0. The van der Waals surface area contributed by atoms with E-state index in [1.807, 2.05) is 51.1 Å². The second-order valence-electron chi connectivity index (χ2n) is 11.2. The van der Waals surface area contributed by atoms with Crippen molar-refractivity contribution in [2.24, 2.45) is 17.1 Å². The van der Waals surface area contributed by atoms with E-state index in [1.54, 1.807) is 20.8 Å². The van der Waals surface area contributed by atoms with Gasteiger partial charge in [0.15, 0.2) is 5.54 Å². The highest BCUT2D eigenvalue weighted by molar-refractivity contribution is 5.84. The number of allylic oxidation sites excluding steroid dienone is 1. The monoisotopic (exact) mass is 459 g/mol. The molecule has 1 heterocycles. The zero-order valence-electron chi connectivity index (χ0n) is 21.1. The summed E-state index contributed by atoms with van der Waals surface area (Å²) in [6, 6.07) is 9.98. The fourth-order valence-corrected chi connectivity index (χ4v) is 4.23. The molecule has 2 rings (SSSR count). The number of ether oxygens (including phenoxy) is 3. The second-order valence-corrected chi connectivity index (χ2v) is 11.2. The molecule has 184 valence electrons. The van der Waals surface area contributed by atoms with Crippen molar-refractivity contribution in [2.75, 3.05) is 6.61 Å². The maximum atomic E-state index is 13.3. The number of hydrogen-bond acceptors (Lipinski definition) is 6. The predicted octanol–water partition coefficient (Wildman–Crippen LogP) is 4.95. The number of hydrogen-bond donors (Lipinski definition) is 1. The van der Waals surface area contributed by atoms with E-state index in [1.165, 1.54) is 0 Å². The van der Waals surface area contributed by atoms with Crippen LogP contribution in [0, 0.1) is 11.3 Å². The average molecular weight is 460 g/mol. The SMILES string of the molecule is C=C(C)C[C@@H]1C[C@@H]([C@@](N)(CC(C)(C)CCOCc2ccccc2)C(=O)OC(C)(C)C)OC1=O. The topological polar surface area (TPSA) is 87.8 Å². The van der Waals surface area contributed by atoms with E-state index in [0.717, 1.165) is 11.1 Å². The molecule has 0 radical (unpaired) electrons. The molecule has 0 spiro atoms. The first-order valence-electron chi connectivity index (χ1n) is 11.7. The van der Waals surface area contributed by atoms with E-state index < -0.39 is 23.2 Å². The Morgan fingerprint density at radius 3 is 2.39 bits per heavy atom. The lowest BCUT2D eigenvalue weighted by Crippen LogP contribution is -2.61. The largest absolute Gasteiger partial charge is 0.460 e. The molecule has 6 heteroatoms. The Kier molecular flexibility index (Phi) is 8.88. The lowest BCUT2D eigenvalue weighted by molar-refractivity contribution is -0.171. The van der Waals surface area contributed by atoms with Crippen molar-refractivity contribution in [2.45, 2.75) is 91.1 Å². The van der Waals surface area contributed by atoms with E-state index >= 15 is 0 Å². The van der Waals surface area contributed by atoms with Crippen molar-refractivity contribution >= 4 is 11.9 Å². The molecule has 1 aliphatic heterocycles. The van der Waals surface area contributed by atoms with Gasteiger partial charge >= 0.3 is 11.9 Å². The molecular formula is C27H41NO5. The van der Waals surface area contributed by atoms with Gasteiger partial charge in [0.1, 0.15) is 11.7 Å². The summed E-state index contributed by atoms with van der Waals surface area (Å²) in [5.74, 6) is -1.21. The third-order valence-electron chi connectivity index (χ3n) is 5.84. The summed E-state index contributed by atoms with van der Waals surface area (Å²) in [6.45, 7) is 16.3. The minimum absolute atomic E-state index is 0.307. The molecule has 1 aliphatic rings. The summed E-state index contributed by atoms with van der Waals surface area (Å²) in [4.78, 5) is 25.8. The maximum absolute atomic E-state index is 13.3. The highest BCUT2D eigenvalue weighted by atomic mass is 16.6. The standard InChI is InChI=1S/C27H41NO5/c1-19(2)15-21-16-22(32-23(21)29)27(28,24(30)33-25(3,4)5)18-26(6,7)13-14-31-17-20-11-9-8-10-12-20/h8-12,21-22H,1,13-18,28H2,2-7H3/t21-,22+,27+/m1/s1. The first-order valence-corrected chi connectivity index (χ1v) is 11.7. The molecule has 3 atom stereocenters. The molecule has 1 saturated heterocycles. The molecule has 0 amide bonds. The van der Waals surface area contributed by atoms with Crippen LogP contribution < -0.4 is 5.73 Å². The van der Waals surface area contributed by atoms with Gasteiger partial charge in [-0.1, -0.05) is 49.8 Å². The third-order valence-corrected chi connectivity index (χ3v) is 5.84. The van der Waals surface area contributed by atoms with Crippen LogP contribution >= 0.6 is 0 Å². The van der Waals surface area contributed by atoms with E-state index in [9.17, 15) is 9.59 Å².